The third kappa shape index (κ3) is 11.7. The van der Waals surface area contributed by atoms with Gasteiger partial charge in [0.1, 0.15) is 0 Å². The molecule has 17 heavy (non-hydrogen) atoms. The van der Waals surface area contributed by atoms with Crippen LogP contribution in [0.1, 0.15) is 58.8 Å². The molecule has 0 bridgehead atoms. The predicted octanol–water partition coefficient (Wildman–Crippen LogP) is 2.80. The molecule has 0 aromatic rings. The Balaban J connectivity index is 3.44. The first-order valence-electron chi connectivity index (χ1n) is 7.00. The second-order valence-electron chi connectivity index (χ2n) is 5.22. The molecule has 0 saturated heterocycles. The van der Waals surface area contributed by atoms with Crippen LogP contribution >= 0.6 is 0 Å². The number of unbranched alkanes of at least 4 members (excludes halogenated alkanes) is 3. The van der Waals surface area contributed by atoms with Crippen LogP contribution in [0.5, 0.6) is 0 Å². The van der Waals surface area contributed by atoms with Crippen molar-refractivity contribution in [2.45, 2.75) is 64.8 Å². The Morgan fingerprint density at radius 2 is 1.88 bits per heavy atom. The van der Waals surface area contributed by atoms with Crippen LogP contribution < -0.4 is 5.32 Å². The summed E-state index contributed by atoms with van der Waals surface area (Å²) >= 11 is 0. The largest absolute Gasteiger partial charge is 0.354 e. The highest BCUT2D eigenvalue weighted by Gasteiger charge is 2.06. The van der Waals surface area contributed by atoms with Crippen molar-refractivity contribution in [3.05, 3.63) is 0 Å². The maximum absolute atomic E-state index is 11.6. The number of hydrogen-bond acceptors (Lipinski definition) is 2. The van der Waals surface area contributed by atoms with Crippen molar-refractivity contribution in [2.75, 3.05) is 20.6 Å². The maximum Gasteiger partial charge on any atom is 0.220 e. The van der Waals surface area contributed by atoms with Gasteiger partial charge in [-0.05, 0) is 46.8 Å². The van der Waals surface area contributed by atoms with Crippen molar-refractivity contribution in [1.29, 1.82) is 0 Å². The summed E-state index contributed by atoms with van der Waals surface area (Å²) in [6, 6.07) is 0.336. The lowest BCUT2D eigenvalue weighted by Crippen LogP contribution is -2.32. The fourth-order valence-corrected chi connectivity index (χ4v) is 1.83. The molecule has 0 heterocycles. The molecule has 0 aliphatic heterocycles. The van der Waals surface area contributed by atoms with Gasteiger partial charge in [-0.25, -0.2) is 0 Å². The van der Waals surface area contributed by atoms with E-state index < -0.39 is 0 Å². The van der Waals surface area contributed by atoms with Gasteiger partial charge >= 0.3 is 0 Å². The second-order valence-corrected chi connectivity index (χ2v) is 5.22. The Hall–Kier alpha value is -0.570. The molecule has 1 atom stereocenters. The van der Waals surface area contributed by atoms with E-state index in [4.69, 9.17) is 0 Å². The lowest BCUT2D eigenvalue weighted by Gasteiger charge is -2.14. The first-order chi connectivity index (χ1) is 8.06. The number of amides is 1. The highest BCUT2D eigenvalue weighted by molar-refractivity contribution is 5.76. The van der Waals surface area contributed by atoms with Crippen LogP contribution in [0.25, 0.3) is 0 Å². The summed E-state index contributed by atoms with van der Waals surface area (Å²) in [5, 5.41) is 3.07. The van der Waals surface area contributed by atoms with Crippen LogP contribution in [0.15, 0.2) is 0 Å². The van der Waals surface area contributed by atoms with Gasteiger partial charge in [0.2, 0.25) is 5.91 Å². The lowest BCUT2D eigenvalue weighted by atomic mass is 10.1. The molecular weight excluding hydrogens is 212 g/mol. The zero-order valence-corrected chi connectivity index (χ0v) is 12.1. The van der Waals surface area contributed by atoms with Gasteiger partial charge in [0, 0.05) is 12.5 Å². The van der Waals surface area contributed by atoms with Crippen molar-refractivity contribution in [3.8, 4) is 0 Å². The fourth-order valence-electron chi connectivity index (χ4n) is 1.83. The minimum atomic E-state index is 0.216. The monoisotopic (exact) mass is 242 g/mol. The van der Waals surface area contributed by atoms with Crippen LogP contribution in [0, 0.1) is 0 Å². The van der Waals surface area contributed by atoms with Gasteiger partial charge in [-0.1, -0.05) is 26.2 Å². The van der Waals surface area contributed by atoms with Crippen molar-refractivity contribution in [2.24, 2.45) is 0 Å². The molecule has 0 aromatic carbocycles. The number of carbonyl (C=O) groups excluding carboxylic acids is 1. The molecule has 0 fully saturated rings. The van der Waals surface area contributed by atoms with E-state index in [0.717, 1.165) is 25.8 Å². The van der Waals surface area contributed by atoms with Crippen molar-refractivity contribution in [3.63, 3.8) is 0 Å². The standard InChI is InChI=1S/C14H30N2O/c1-5-6-7-10-13(2)15-14(17)11-8-9-12-16(3)4/h13H,5-12H2,1-4H3,(H,15,17)/t13-/m1/s1. The summed E-state index contributed by atoms with van der Waals surface area (Å²) in [4.78, 5) is 13.8. The third-order valence-corrected chi connectivity index (χ3v) is 2.91. The number of nitrogens with zero attached hydrogens (tertiary/aromatic N) is 1. The van der Waals surface area contributed by atoms with E-state index in [0.29, 0.717) is 12.5 Å². The molecule has 0 saturated carbocycles. The molecule has 102 valence electrons. The second kappa shape index (κ2) is 10.6. The lowest BCUT2D eigenvalue weighted by molar-refractivity contribution is -0.121. The minimum Gasteiger partial charge on any atom is -0.354 e. The molecule has 0 spiro atoms. The first-order valence-corrected chi connectivity index (χ1v) is 7.00. The average Bonchev–Trinajstić information content (AvgIpc) is 2.24. The van der Waals surface area contributed by atoms with E-state index in [1.807, 2.05) is 0 Å². The van der Waals surface area contributed by atoms with Gasteiger partial charge in [-0.2, -0.15) is 0 Å². The molecular formula is C14H30N2O. The quantitative estimate of drug-likeness (QED) is 0.597. The molecule has 0 rings (SSSR count). The molecule has 0 aromatic heterocycles. The summed E-state index contributed by atoms with van der Waals surface area (Å²) in [6.07, 6.45) is 7.60. The zero-order valence-electron chi connectivity index (χ0n) is 12.1. The van der Waals surface area contributed by atoms with Gasteiger partial charge < -0.3 is 10.2 Å². The van der Waals surface area contributed by atoms with Gasteiger partial charge in [-0.3, -0.25) is 4.79 Å². The number of carbonyl (C=O) groups is 1. The molecule has 0 aliphatic rings. The molecule has 0 aliphatic carbocycles. The highest BCUT2D eigenvalue weighted by atomic mass is 16.1. The molecule has 1 amide bonds. The summed E-state index contributed by atoms with van der Waals surface area (Å²) < 4.78 is 0. The Kier molecular flexibility index (Phi) is 10.2. The molecule has 3 nitrogen and oxygen atoms in total. The van der Waals surface area contributed by atoms with Crippen molar-refractivity contribution in [1.82, 2.24) is 10.2 Å². The molecule has 0 radical (unpaired) electrons. The Morgan fingerprint density at radius 1 is 1.18 bits per heavy atom. The SMILES string of the molecule is CCCCC[C@@H](C)NC(=O)CCCCN(C)C. The van der Waals surface area contributed by atoms with Gasteiger partial charge in [0.25, 0.3) is 0 Å². The Labute approximate surface area is 107 Å². The number of nitrogens with one attached hydrogen (secondary N) is 1. The van der Waals surface area contributed by atoms with E-state index in [9.17, 15) is 4.79 Å². The van der Waals surface area contributed by atoms with Crippen LogP contribution in [0.3, 0.4) is 0 Å². The van der Waals surface area contributed by atoms with E-state index in [2.05, 4.69) is 38.2 Å². The summed E-state index contributed by atoms with van der Waals surface area (Å²) in [5.41, 5.74) is 0. The topological polar surface area (TPSA) is 32.3 Å². The van der Waals surface area contributed by atoms with E-state index in [-0.39, 0.29) is 5.91 Å². The maximum atomic E-state index is 11.6. The van der Waals surface area contributed by atoms with Crippen LogP contribution in [-0.4, -0.2) is 37.5 Å². The predicted molar refractivity (Wildman–Crippen MR) is 74.2 cm³/mol. The Bertz CT molecular complexity index is 193. The summed E-state index contributed by atoms with van der Waals surface area (Å²) in [6.45, 7) is 5.38. The van der Waals surface area contributed by atoms with Gasteiger partial charge in [-0.15, -0.1) is 0 Å². The number of hydrogen-bond donors (Lipinski definition) is 1. The fraction of sp³-hybridized carbons (Fsp3) is 0.929. The Morgan fingerprint density at radius 3 is 2.47 bits per heavy atom. The normalized spacial score (nSPS) is 12.8. The average molecular weight is 242 g/mol. The van der Waals surface area contributed by atoms with Crippen molar-refractivity contribution >= 4 is 5.91 Å². The van der Waals surface area contributed by atoms with Gasteiger partial charge in [0.15, 0.2) is 0 Å². The van der Waals surface area contributed by atoms with Crippen molar-refractivity contribution < 1.29 is 4.79 Å². The first kappa shape index (κ1) is 16.4. The van der Waals surface area contributed by atoms with Crippen LogP contribution in [-0.2, 0) is 4.79 Å². The molecule has 0 unspecified atom stereocenters. The van der Waals surface area contributed by atoms with E-state index >= 15 is 0 Å². The highest BCUT2D eigenvalue weighted by Crippen LogP contribution is 2.04. The molecule has 1 N–H and O–H groups in total. The third-order valence-electron chi connectivity index (χ3n) is 2.91. The minimum absolute atomic E-state index is 0.216. The van der Waals surface area contributed by atoms with E-state index in [1.165, 1.54) is 19.3 Å². The number of rotatable bonds is 10. The van der Waals surface area contributed by atoms with Crippen LogP contribution in [0.2, 0.25) is 0 Å². The summed E-state index contributed by atoms with van der Waals surface area (Å²) in [7, 11) is 4.13. The zero-order chi connectivity index (χ0) is 13.1. The van der Waals surface area contributed by atoms with Gasteiger partial charge in [0.05, 0.1) is 0 Å². The molecule has 3 heteroatoms. The van der Waals surface area contributed by atoms with Crippen LogP contribution in [0.4, 0.5) is 0 Å². The van der Waals surface area contributed by atoms with E-state index in [1.54, 1.807) is 0 Å². The summed E-state index contributed by atoms with van der Waals surface area (Å²) in [5.74, 6) is 0.216. The smallest absolute Gasteiger partial charge is 0.220 e.